The molecule has 3 aromatic rings. The Hall–Kier alpha value is -3.43. The third-order valence-electron chi connectivity index (χ3n) is 5.22. The largest absolute Gasteiger partial charge is 0.755 e. The van der Waals surface area contributed by atoms with Gasteiger partial charge in [-0.05, 0) is 40.8 Å². The van der Waals surface area contributed by atoms with Crippen molar-refractivity contribution < 1.29 is 13.5 Å². The monoisotopic (exact) mass is 481 g/mol. The van der Waals surface area contributed by atoms with Crippen LogP contribution in [-0.4, -0.2) is 39.9 Å². The Morgan fingerprint density at radius 2 is 1.82 bits per heavy atom. The predicted molar refractivity (Wildman–Crippen MR) is 138 cm³/mol. The lowest BCUT2D eigenvalue weighted by molar-refractivity contribution is 0.397. The molecule has 8 nitrogen and oxygen atoms in total. The first-order valence-corrected chi connectivity index (χ1v) is 11.7. The zero-order valence-corrected chi connectivity index (χ0v) is 20.9. The van der Waals surface area contributed by atoms with Gasteiger partial charge in [-0.3, -0.25) is 14.0 Å². The molecule has 0 saturated carbocycles. The number of rotatable bonds is 7. The van der Waals surface area contributed by atoms with E-state index in [-0.39, 0.29) is 11.0 Å². The molecule has 1 atom stereocenters. The first kappa shape index (κ1) is 25.2. The van der Waals surface area contributed by atoms with Gasteiger partial charge in [0.25, 0.3) is 5.56 Å². The summed E-state index contributed by atoms with van der Waals surface area (Å²) in [6.45, 7) is 6.27. The highest BCUT2D eigenvalue weighted by Gasteiger charge is 2.23. The molecule has 34 heavy (non-hydrogen) atoms. The van der Waals surface area contributed by atoms with Gasteiger partial charge >= 0.3 is 0 Å². The summed E-state index contributed by atoms with van der Waals surface area (Å²) in [5, 5.41) is 0. The fourth-order valence-corrected chi connectivity index (χ4v) is 3.81. The second kappa shape index (κ2) is 10.2. The number of methoxy groups -OCH3 is 1. The van der Waals surface area contributed by atoms with E-state index in [4.69, 9.17) is 4.74 Å². The molecule has 2 N–H and O–H groups in total. The molecule has 3 rings (SSSR count). The van der Waals surface area contributed by atoms with Crippen molar-refractivity contribution in [2.45, 2.75) is 26.2 Å². The van der Waals surface area contributed by atoms with E-state index in [0.717, 1.165) is 28.0 Å². The van der Waals surface area contributed by atoms with Crippen LogP contribution in [0.25, 0.3) is 23.3 Å². The van der Waals surface area contributed by atoms with Gasteiger partial charge in [-0.1, -0.05) is 45.1 Å². The topological polar surface area (TPSA) is 110 Å². The maximum Gasteiger partial charge on any atom is 0.260 e. The van der Waals surface area contributed by atoms with Gasteiger partial charge in [0.05, 0.1) is 12.7 Å². The Balaban J connectivity index is 2.10. The highest BCUT2D eigenvalue weighted by Crippen LogP contribution is 2.38. The Labute approximate surface area is 202 Å². The first-order valence-electron chi connectivity index (χ1n) is 10.6. The minimum atomic E-state index is -2.37. The molecule has 180 valence electrons. The second-order valence-corrected chi connectivity index (χ2v) is 9.71. The predicted octanol–water partition coefficient (Wildman–Crippen LogP) is 4.19. The van der Waals surface area contributed by atoms with E-state index in [0.29, 0.717) is 17.2 Å². The van der Waals surface area contributed by atoms with Gasteiger partial charge in [0.2, 0.25) is 5.95 Å². The molecule has 1 heterocycles. The lowest BCUT2D eigenvalue weighted by Crippen LogP contribution is -2.20. The van der Waals surface area contributed by atoms with Crippen LogP contribution in [0.2, 0.25) is 0 Å². The number of nitrogens with zero attached hydrogens (tertiary/aromatic N) is 2. The van der Waals surface area contributed by atoms with Crippen LogP contribution in [0.4, 0.5) is 11.6 Å². The standard InChI is InChI=1S/C25H30N4O4S/c1-25(2,3)21-14-18(20-15-26-24(29(4)5)27-23(20)30)13-17(22(21)33-6)10-7-16-8-11-19(12-9-16)28-34(31)32/h7-15,28H,1-6H3,(H,31,32)(H,26,27,30)/p-1/b10-7+. The van der Waals surface area contributed by atoms with Gasteiger partial charge < -0.3 is 18.9 Å². The summed E-state index contributed by atoms with van der Waals surface area (Å²) in [6.07, 6.45) is 5.41. The maximum atomic E-state index is 12.8. The van der Waals surface area contributed by atoms with Crippen LogP contribution in [0, 0.1) is 0 Å². The van der Waals surface area contributed by atoms with Crippen LogP contribution in [0.3, 0.4) is 0 Å². The maximum absolute atomic E-state index is 12.8. The Kier molecular flexibility index (Phi) is 7.58. The zero-order chi connectivity index (χ0) is 25.0. The Morgan fingerprint density at radius 3 is 2.35 bits per heavy atom. The molecule has 0 aliphatic heterocycles. The number of aromatic nitrogens is 2. The molecule has 0 amide bonds. The van der Waals surface area contributed by atoms with Crippen molar-refractivity contribution in [2.75, 3.05) is 30.8 Å². The summed E-state index contributed by atoms with van der Waals surface area (Å²) in [7, 11) is 5.26. The molecular formula is C25H29N4O4S-. The summed E-state index contributed by atoms with van der Waals surface area (Å²) in [5.74, 6) is 1.21. The molecule has 1 unspecified atom stereocenters. The molecule has 0 fully saturated rings. The number of H-pyrrole nitrogens is 1. The van der Waals surface area contributed by atoms with Gasteiger partial charge in [0, 0.05) is 48.4 Å². The smallest absolute Gasteiger partial charge is 0.260 e. The van der Waals surface area contributed by atoms with E-state index in [9.17, 15) is 13.6 Å². The number of benzene rings is 2. The number of hydrogen-bond acceptors (Lipinski definition) is 6. The van der Waals surface area contributed by atoms with Gasteiger partial charge in [0.1, 0.15) is 5.75 Å². The van der Waals surface area contributed by atoms with Crippen molar-refractivity contribution in [2.24, 2.45) is 0 Å². The SMILES string of the molecule is COc1c(/C=C/c2ccc(NS(=O)[O-])cc2)cc(-c2cnc(N(C)C)[nH]c2=O)cc1C(C)(C)C. The number of aromatic amines is 1. The van der Waals surface area contributed by atoms with E-state index in [2.05, 4.69) is 35.5 Å². The van der Waals surface area contributed by atoms with Gasteiger partial charge in [-0.2, -0.15) is 0 Å². The number of ether oxygens (including phenoxy) is 1. The van der Waals surface area contributed by atoms with Crippen LogP contribution >= 0.6 is 0 Å². The molecule has 1 aromatic heterocycles. The third-order valence-corrected chi connectivity index (χ3v) is 5.62. The highest BCUT2D eigenvalue weighted by molar-refractivity contribution is 7.80. The van der Waals surface area contributed by atoms with E-state index in [1.54, 1.807) is 42.5 Å². The molecular weight excluding hydrogens is 452 g/mol. The highest BCUT2D eigenvalue weighted by atomic mass is 32.2. The normalized spacial score (nSPS) is 12.6. The van der Waals surface area contributed by atoms with E-state index < -0.39 is 11.3 Å². The fraction of sp³-hybridized carbons (Fsp3) is 0.280. The van der Waals surface area contributed by atoms with Crippen LogP contribution in [0.1, 0.15) is 37.5 Å². The minimum absolute atomic E-state index is 0.225. The molecule has 0 aliphatic carbocycles. The third kappa shape index (κ3) is 5.92. The van der Waals surface area contributed by atoms with Crippen LogP contribution in [0.5, 0.6) is 5.75 Å². The van der Waals surface area contributed by atoms with Crippen molar-refractivity contribution in [1.82, 2.24) is 9.97 Å². The lowest BCUT2D eigenvalue weighted by Gasteiger charge is -2.24. The molecule has 0 aliphatic rings. The van der Waals surface area contributed by atoms with Gasteiger partial charge in [0.15, 0.2) is 0 Å². The summed E-state index contributed by atoms with van der Waals surface area (Å²) in [4.78, 5) is 21.8. The number of anilines is 2. The quantitative estimate of drug-likeness (QED) is 0.387. The van der Waals surface area contributed by atoms with Crippen molar-refractivity contribution in [3.8, 4) is 16.9 Å². The number of nitrogens with one attached hydrogen (secondary N) is 2. The minimum Gasteiger partial charge on any atom is -0.755 e. The summed E-state index contributed by atoms with van der Waals surface area (Å²) in [5.41, 5.74) is 3.86. The summed E-state index contributed by atoms with van der Waals surface area (Å²) >= 11 is -2.37. The van der Waals surface area contributed by atoms with Crippen LogP contribution < -0.4 is 19.9 Å². The Morgan fingerprint density at radius 1 is 1.15 bits per heavy atom. The zero-order valence-electron chi connectivity index (χ0n) is 20.1. The first-order chi connectivity index (χ1) is 16.0. The fourth-order valence-electron chi connectivity index (χ4n) is 3.48. The molecule has 0 saturated heterocycles. The Bertz CT molecular complexity index is 1280. The molecule has 0 spiro atoms. The van der Waals surface area contributed by atoms with Gasteiger partial charge in [-0.25, -0.2) is 4.98 Å². The van der Waals surface area contributed by atoms with Crippen molar-refractivity contribution in [3.63, 3.8) is 0 Å². The molecule has 9 heteroatoms. The van der Waals surface area contributed by atoms with Gasteiger partial charge in [-0.15, -0.1) is 0 Å². The summed E-state index contributed by atoms with van der Waals surface area (Å²) < 4.78 is 29.7. The molecule has 2 aromatic carbocycles. The van der Waals surface area contributed by atoms with Crippen LogP contribution in [-0.2, 0) is 16.7 Å². The van der Waals surface area contributed by atoms with E-state index in [1.807, 2.05) is 38.4 Å². The van der Waals surface area contributed by atoms with Crippen molar-refractivity contribution in [3.05, 3.63) is 69.6 Å². The summed E-state index contributed by atoms with van der Waals surface area (Å²) in [6, 6.07) is 10.9. The molecule has 0 radical (unpaired) electrons. The van der Waals surface area contributed by atoms with Crippen molar-refractivity contribution >= 4 is 35.1 Å². The number of hydrogen-bond donors (Lipinski definition) is 2. The van der Waals surface area contributed by atoms with Crippen LogP contribution in [0.15, 0.2) is 47.4 Å². The van der Waals surface area contributed by atoms with Crippen molar-refractivity contribution in [1.29, 1.82) is 0 Å². The average molecular weight is 482 g/mol. The van der Waals surface area contributed by atoms with E-state index in [1.165, 1.54) is 0 Å². The second-order valence-electron chi connectivity index (χ2n) is 9.03. The van der Waals surface area contributed by atoms with E-state index >= 15 is 0 Å². The molecule has 0 bridgehead atoms. The lowest BCUT2D eigenvalue weighted by atomic mass is 9.83. The average Bonchev–Trinajstić information content (AvgIpc) is 2.76.